The number of carbonyl (C=O) groups is 1. The number of hydrogen-bond acceptors (Lipinski definition) is 6. The Morgan fingerprint density at radius 3 is 2.57 bits per heavy atom. The number of aromatic nitrogens is 4. The smallest absolute Gasteiger partial charge is 0.358 e. The summed E-state index contributed by atoms with van der Waals surface area (Å²) < 4.78 is 13.6. The highest BCUT2D eigenvalue weighted by molar-refractivity contribution is 5.88. The topological polar surface area (TPSA) is 113 Å². The Morgan fingerprint density at radius 2 is 1.97 bits per heavy atom. The van der Waals surface area contributed by atoms with Crippen molar-refractivity contribution < 1.29 is 19.4 Å². The molecule has 0 radical (unpaired) electrons. The molecular weight excluding hydrogens is 450 g/mol. The average molecular weight is 480 g/mol. The minimum atomic E-state index is -1.36. The molecule has 0 amide bonds. The van der Waals surface area contributed by atoms with Gasteiger partial charge in [0.05, 0.1) is 32.0 Å². The van der Waals surface area contributed by atoms with Crippen molar-refractivity contribution >= 4 is 11.7 Å². The Hall–Kier alpha value is -3.97. The van der Waals surface area contributed by atoms with Crippen LogP contribution in [0, 0.1) is 6.57 Å². The van der Waals surface area contributed by atoms with Crippen LogP contribution in [0.2, 0.25) is 0 Å². The molecular formula is C25H29N5O5. The molecule has 0 spiro atoms. The molecule has 2 atom stereocenters. The Bertz CT molecular complexity index is 1330. The second-order valence-electron chi connectivity index (χ2n) is 8.89. The molecule has 0 aliphatic heterocycles. The van der Waals surface area contributed by atoms with Crippen molar-refractivity contribution in [2.75, 3.05) is 14.2 Å². The SMILES string of the molecule is [C-]#[N+]c1ccccc1C(c1cnn(CC(C)(C)OC)c1)C(C)c1nc(C(=O)O)c(OC)c(=O)n1C. The van der Waals surface area contributed by atoms with Gasteiger partial charge in [-0.1, -0.05) is 31.2 Å². The average Bonchev–Trinajstić information content (AvgIpc) is 3.27. The van der Waals surface area contributed by atoms with Crippen LogP contribution in [0.5, 0.6) is 5.75 Å². The van der Waals surface area contributed by atoms with Gasteiger partial charge in [-0.05, 0) is 25.0 Å². The highest BCUT2D eigenvalue weighted by atomic mass is 16.5. The highest BCUT2D eigenvalue weighted by Crippen LogP contribution is 2.41. The predicted molar refractivity (Wildman–Crippen MR) is 129 cm³/mol. The molecule has 184 valence electrons. The van der Waals surface area contributed by atoms with Crippen molar-refractivity contribution in [3.05, 3.63) is 81.1 Å². The predicted octanol–water partition coefficient (Wildman–Crippen LogP) is 3.59. The van der Waals surface area contributed by atoms with Gasteiger partial charge in [0.15, 0.2) is 11.4 Å². The molecule has 0 saturated heterocycles. The minimum Gasteiger partial charge on any atom is -0.489 e. The lowest BCUT2D eigenvalue weighted by Crippen LogP contribution is -2.30. The van der Waals surface area contributed by atoms with Gasteiger partial charge >= 0.3 is 5.97 Å². The van der Waals surface area contributed by atoms with E-state index in [1.807, 2.05) is 39.1 Å². The van der Waals surface area contributed by atoms with Crippen LogP contribution in [-0.2, 0) is 18.3 Å². The highest BCUT2D eigenvalue weighted by Gasteiger charge is 2.31. The molecule has 0 bridgehead atoms. The van der Waals surface area contributed by atoms with Gasteiger partial charge in [-0.3, -0.25) is 14.0 Å². The Balaban J connectivity index is 2.22. The van der Waals surface area contributed by atoms with Crippen LogP contribution >= 0.6 is 0 Å². The number of carboxylic acids is 1. The molecule has 3 rings (SSSR count). The largest absolute Gasteiger partial charge is 0.489 e. The van der Waals surface area contributed by atoms with Crippen LogP contribution in [0.1, 0.15) is 60.0 Å². The van der Waals surface area contributed by atoms with Crippen LogP contribution in [-0.4, -0.2) is 50.2 Å². The summed E-state index contributed by atoms with van der Waals surface area (Å²) in [4.78, 5) is 32.8. The summed E-state index contributed by atoms with van der Waals surface area (Å²) in [6.45, 7) is 13.9. The molecule has 1 N–H and O–H groups in total. The van der Waals surface area contributed by atoms with E-state index in [0.29, 0.717) is 12.2 Å². The Morgan fingerprint density at radius 1 is 1.29 bits per heavy atom. The first-order valence-electron chi connectivity index (χ1n) is 11.0. The molecule has 10 heteroatoms. The zero-order chi connectivity index (χ0) is 25.9. The molecule has 2 aromatic heterocycles. The van der Waals surface area contributed by atoms with Crippen molar-refractivity contribution in [3.8, 4) is 5.75 Å². The van der Waals surface area contributed by atoms with E-state index < -0.39 is 34.7 Å². The number of nitrogens with zero attached hydrogens (tertiary/aromatic N) is 5. The molecule has 0 saturated carbocycles. The van der Waals surface area contributed by atoms with Crippen molar-refractivity contribution in [1.29, 1.82) is 0 Å². The van der Waals surface area contributed by atoms with Gasteiger partial charge in [-0.25, -0.2) is 14.6 Å². The molecule has 2 unspecified atom stereocenters. The third kappa shape index (κ3) is 5.10. The van der Waals surface area contributed by atoms with Gasteiger partial charge in [0.1, 0.15) is 5.82 Å². The Labute approximate surface area is 203 Å². The van der Waals surface area contributed by atoms with E-state index in [9.17, 15) is 14.7 Å². The van der Waals surface area contributed by atoms with E-state index >= 15 is 0 Å². The number of carboxylic acid groups (broad SMARTS) is 1. The van der Waals surface area contributed by atoms with E-state index in [4.69, 9.17) is 16.0 Å². The number of benzene rings is 1. The second kappa shape index (κ2) is 10.1. The molecule has 0 aliphatic rings. The minimum absolute atomic E-state index is 0.253. The summed E-state index contributed by atoms with van der Waals surface area (Å²) in [6.07, 6.45) is 3.59. The summed E-state index contributed by atoms with van der Waals surface area (Å²) >= 11 is 0. The molecule has 0 fully saturated rings. The zero-order valence-corrected chi connectivity index (χ0v) is 20.6. The van der Waals surface area contributed by atoms with Gasteiger partial charge in [0.2, 0.25) is 5.75 Å². The zero-order valence-electron chi connectivity index (χ0n) is 20.6. The summed E-state index contributed by atoms with van der Waals surface area (Å²) in [5.74, 6) is -2.37. The Kier molecular flexibility index (Phi) is 7.41. The monoisotopic (exact) mass is 479 g/mol. The van der Waals surface area contributed by atoms with Crippen molar-refractivity contribution in [3.63, 3.8) is 0 Å². The standard InChI is InChI=1S/C25H29N5O5/c1-15(22-28-20(24(32)33)21(34-6)23(31)29(22)5)19(17-10-8-9-11-18(17)26-4)16-12-27-30(13-16)14-25(2,3)35-7/h8-13,15,19H,14H2,1-3,5-7H3,(H,32,33). The number of aromatic carboxylic acids is 1. The summed E-state index contributed by atoms with van der Waals surface area (Å²) in [5.41, 5.74) is 0.469. The first-order valence-corrected chi connectivity index (χ1v) is 11.0. The summed E-state index contributed by atoms with van der Waals surface area (Å²) in [6, 6.07) is 7.20. The summed E-state index contributed by atoms with van der Waals surface area (Å²) in [5, 5.41) is 14.1. The molecule has 10 nitrogen and oxygen atoms in total. The molecule has 35 heavy (non-hydrogen) atoms. The number of para-hydroxylation sites is 1. The van der Waals surface area contributed by atoms with Crippen molar-refractivity contribution in [1.82, 2.24) is 19.3 Å². The van der Waals surface area contributed by atoms with E-state index in [1.54, 1.807) is 30.1 Å². The van der Waals surface area contributed by atoms with Crippen molar-refractivity contribution in [2.45, 2.75) is 44.8 Å². The van der Waals surface area contributed by atoms with E-state index in [-0.39, 0.29) is 11.6 Å². The number of rotatable bonds is 9. The van der Waals surface area contributed by atoms with Crippen LogP contribution in [0.3, 0.4) is 0 Å². The van der Waals surface area contributed by atoms with Gasteiger partial charge in [0.25, 0.3) is 5.56 Å². The molecule has 0 aliphatic carbocycles. The van der Waals surface area contributed by atoms with Crippen molar-refractivity contribution in [2.24, 2.45) is 7.05 Å². The fraction of sp³-hybridized carbons (Fsp3) is 0.400. The van der Waals surface area contributed by atoms with E-state index in [0.717, 1.165) is 11.1 Å². The van der Waals surface area contributed by atoms with Crippen LogP contribution in [0.25, 0.3) is 4.85 Å². The first kappa shape index (κ1) is 25.6. The number of ether oxygens (including phenoxy) is 2. The summed E-state index contributed by atoms with van der Waals surface area (Å²) in [7, 11) is 4.40. The third-order valence-electron chi connectivity index (χ3n) is 6.10. The maximum atomic E-state index is 12.9. The second-order valence-corrected chi connectivity index (χ2v) is 8.89. The normalized spacial score (nSPS) is 13.2. The molecule has 2 heterocycles. The van der Waals surface area contributed by atoms with Crippen LogP contribution < -0.4 is 10.3 Å². The van der Waals surface area contributed by atoms with Gasteiger partial charge in [-0.2, -0.15) is 5.10 Å². The lowest BCUT2D eigenvalue weighted by molar-refractivity contribution is 0.00539. The quantitative estimate of drug-likeness (QED) is 0.467. The van der Waals surface area contributed by atoms with Crippen LogP contribution in [0.15, 0.2) is 41.5 Å². The van der Waals surface area contributed by atoms with Crippen LogP contribution in [0.4, 0.5) is 5.69 Å². The van der Waals surface area contributed by atoms with Gasteiger partial charge < -0.3 is 14.6 Å². The maximum absolute atomic E-state index is 12.9. The van der Waals surface area contributed by atoms with E-state index in [1.165, 1.54) is 18.7 Å². The van der Waals surface area contributed by atoms with Gasteiger partial charge in [-0.15, -0.1) is 0 Å². The first-order chi connectivity index (χ1) is 16.5. The number of hydrogen-bond donors (Lipinski definition) is 1. The molecule has 3 aromatic rings. The van der Waals surface area contributed by atoms with Gasteiger partial charge in [0, 0.05) is 32.2 Å². The fourth-order valence-corrected chi connectivity index (χ4v) is 4.15. The van der Waals surface area contributed by atoms with E-state index in [2.05, 4.69) is 14.9 Å². The fourth-order valence-electron chi connectivity index (χ4n) is 4.15. The maximum Gasteiger partial charge on any atom is 0.358 e. The lowest BCUT2D eigenvalue weighted by Gasteiger charge is -2.26. The lowest BCUT2D eigenvalue weighted by atomic mass is 9.81. The third-order valence-corrected chi connectivity index (χ3v) is 6.10. The molecule has 1 aromatic carbocycles. The number of methoxy groups -OCH3 is 2.